The summed E-state index contributed by atoms with van der Waals surface area (Å²) in [5.41, 5.74) is 4.08. The zero-order valence-corrected chi connectivity index (χ0v) is 16.3. The minimum Gasteiger partial charge on any atom is -0.497 e. The van der Waals surface area contributed by atoms with Gasteiger partial charge in [-0.15, -0.1) is 11.3 Å². The van der Waals surface area contributed by atoms with Crippen LogP contribution in [0.2, 0.25) is 0 Å². The van der Waals surface area contributed by atoms with Gasteiger partial charge in [0.1, 0.15) is 16.5 Å². The molecule has 0 fully saturated rings. The summed E-state index contributed by atoms with van der Waals surface area (Å²) in [7, 11) is -2.74. The molecule has 6 nitrogen and oxygen atoms in total. The van der Waals surface area contributed by atoms with E-state index in [2.05, 4.69) is 9.71 Å². The van der Waals surface area contributed by atoms with Gasteiger partial charge in [0.15, 0.2) is 5.13 Å². The van der Waals surface area contributed by atoms with Gasteiger partial charge in [-0.2, -0.15) is 13.2 Å². The second-order valence-electron chi connectivity index (χ2n) is 5.74. The Labute approximate surface area is 167 Å². The van der Waals surface area contributed by atoms with Crippen LogP contribution in [0.4, 0.5) is 28.4 Å². The first-order valence-electron chi connectivity index (χ1n) is 7.80. The number of sulfonamides is 1. The lowest BCUT2D eigenvalue weighted by molar-refractivity contribution is -0.137. The fraction of sp³-hybridized carbons (Fsp3) is 0.118. The van der Waals surface area contributed by atoms with E-state index in [1.165, 1.54) is 30.7 Å². The predicted molar refractivity (Wildman–Crippen MR) is 101 cm³/mol. The molecule has 3 rings (SSSR count). The van der Waals surface area contributed by atoms with E-state index in [-0.39, 0.29) is 21.4 Å². The Balaban J connectivity index is 1.91. The molecule has 2 aromatic carbocycles. The number of benzene rings is 2. The number of aromatic nitrogens is 1. The Morgan fingerprint density at radius 3 is 2.52 bits per heavy atom. The van der Waals surface area contributed by atoms with Crippen molar-refractivity contribution in [3.63, 3.8) is 0 Å². The fourth-order valence-corrected chi connectivity index (χ4v) is 4.49. The van der Waals surface area contributed by atoms with Crippen molar-refractivity contribution in [2.75, 3.05) is 17.6 Å². The molecule has 3 aromatic rings. The van der Waals surface area contributed by atoms with Gasteiger partial charge in [-0.05, 0) is 30.3 Å². The highest BCUT2D eigenvalue weighted by molar-refractivity contribution is 7.93. The number of alkyl halides is 3. The lowest BCUT2D eigenvalue weighted by Gasteiger charge is -2.09. The highest BCUT2D eigenvalue weighted by Crippen LogP contribution is 2.35. The molecule has 0 aliphatic carbocycles. The number of thiazole rings is 1. The molecule has 1 aromatic heterocycles. The second-order valence-corrected chi connectivity index (χ2v) is 8.25. The molecule has 0 amide bonds. The summed E-state index contributed by atoms with van der Waals surface area (Å²) in [6.45, 7) is 0. The van der Waals surface area contributed by atoms with Crippen molar-refractivity contribution in [3.05, 3.63) is 53.2 Å². The second kappa shape index (κ2) is 7.52. The van der Waals surface area contributed by atoms with Crippen molar-refractivity contribution in [3.8, 4) is 17.0 Å². The molecule has 0 saturated carbocycles. The van der Waals surface area contributed by atoms with Gasteiger partial charge in [0.05, 0.1) is 24.1 Å². The van der Waals surface area contributed by atoms with Crippen molar-refractivity contribution in [1.29, 1.82) is 0 Å². The number of nitrogens with one attached hydrogen (secondary N) is 1. The molecule has 12 heteroatoms. The maximum absolute atomic E-state index is 14.0. The lowest BCUT2D eigenvalue weighted by atomic mass is 10.1. The van der Waals surface area contributed by atoms with Crippen LogP contribution < -0.4 is 15.2 Å². The molecule has 0 unspecified atom stereocenters. The average Bonchev–Trinajstić information content (AvgIpc) is 3.08. The Morgan fingerprint density at radius 1 is 1.17 bits per heavy atom. The van der Waals surface area contributed by atoms with E-state index < -0.39 is 33.1 Å². The van der Waals surface area contributed by atoms with Crippen molar-refractivity contribution < 1.29 is 30.7 Å². The molecule has 3 N–H and O–H groups in total. The quantitative estimate of drug-likeness (QED) is 0.448. The summed E-state index contributed by atoms with van der Waals surface area (Å²) < 4.78 is 84.8. The van der Waals surface area contributed by atoms with E-state index in [1.807, 2.05) is 0 Å². The third-order valence-electron chi connectivity index (χ3n) is 3.80. The van der Waals surface area contributed by atoms with Crippen molar-refractivity contribution in [2.24, 2.45) is 0 Å². The van der Waals surface area contributed by atoms with Crippen LogP contribution in [-0.2, 0) is 16.2 Å². The third kappa shape index (κ3) is 4.43. The molecule has 0 aliphatic heterocycles. The fourth-order valence-electron chi connectivity index (χ4n) is 2.41. The summed E-state index contributed by atoms with van der Waals surface area (Å²) in [6, 6.07) is 5.86. The SMILES string of the molecule is COc1ccc(S(=O)(=O)Nc2nc(-c3cc(C(F)(F)F)ccc3F)cs2)c(N)c1. The molecule has 0 spiro atoms. The third-order valence-corrected chi connectivity index (χ3v) is 6.10. The van der Waals surface area contributed by atoms with Crippen molar-refractivity contribution in [1.82, 2.24) is 4.98 Å². The molecule has 154 valence electrons. The van der Waals surface area contributed by atoms with E-state index in [9.17, 15) is 26.0 Å². The zero-order valence-electron chi connectivity index (χ0n) is 14.6. The number of nitrogens with two attached hydrogens (primary N) is 1. The summed E-state index contributed by atoms with van der Waals surface area (Å²) in [5.74, 6) is -0.560. The summed E-state index contributed by atoms with van der Waals surface area (Å²) >= 11 is 0.787. The molecule has 0 atom stereocenters. The van der Waals surface area contributed by atoms with Gasteiger partial charge in [0, 0.05) is 17.0 Å². The summed E-state index contributed by atoms with van der Waals surface area (Å²) in [5, 5.41) is 1.08. The first-order chi connectivity index (χ1) is 13.5. The number of rotatable bonds is 5. The number of methoxy groups -OCH3 is 1. The molecular formula is C17H13F4N3O3S2. The predicted octanol–water partition coefficient (Wildman–Crippen LogP) is 4.36. The minimum absolute atomic E-state index is 0.0717. The number of anilines is 2. The summed E-state index contributed by atoms with van der Waals surface area (Å²) in [6.07, 6.45) is -4.66. The van der Waals surface area contributed by atoms with E-state index in [1.54, 1.807) is 0 Å². The Bertz CT molecular complexity index is 1160. The maximum Gasteiger partial charge on any atom is 0.416 e. The van der Waals surface area contributed by atoms with Gasteiger partial charge < -0.3 is 10.5 Å². The number of halogens is 4. The van der Waals surface area contributed by atoms with Gasteiger partial charge >= 0.3 is 6.18 Å². The van der Waals surface area contributed by atoms with Gasteiger partial charge in [0.2, 0.25) is 0 Å². The number of hydrogen-bond donors (Lipinski definition) is 2. The highest BCUT2D eigenvalue weighted by atomic mass is 32.2. The van der Waals surface area contributed by atoms with E-state index >= 15 is 0 Å². The van der Waals surface area contributed by atoms with Crippen LogP contribution in [0.25, 0.3) is 11.3 Å². The molecule has 0 aliphatic rings. The Hall–Kier alpha value is -2.86. The minimum atomic E-state index is -4.66. The van der Waals surface area contributed by atoms with E-state index in [4.69, 9.17) is 10.5 Å². The topological polar surface area (TPSA) is 94.3 Å². The number of nitrogens with zero attached hydrogens (tertiary/aromatic N) is 1. The zero-order chi connectivity index (χ0) is 21.4. The number of ether oxygens (including phenoxy) is 1. The Morgan fingerprint density at radius 2 is 1.90 bits per heavy atom. The first-order valence-corrected chi connectivity index (χ1v) is 10.2. The molecular weight excluding hydrogens is 434 g/mol. The van der Waals surface area contributed by atoms with Crippen LogP contribution in [0.3, 0.4) is 0 Å². The maximum atomic E-state index is 14.0. The monoisotopic (exact) mass is 447 g/mol. The number of hydrogen-bond acceptors (Lipinski definition) is 6. The first kappa shape index (κ1) is 20.9. The standard InChI is InChI=1S/C17H13F4N3O3S2/c1-27-10-3-5-15(13(22)7-10)29(25,26)24-16-23-14(8-28-16)11-6-9(17(19,20)21)2-4-12(11)18/h2-8H,22H2,1H3,(H,23,24). The molecule has 29 heavy (non-hydrogen) atoms. The van der Waals surface area contributed by atoms with E-state index in [0.29, 0.717) is 23.9 Å². The lowest BCUT2D eigenvalue weighted by Crippen LogP contribution is -2.14. The van der Waals surface area contributed by atoms with Crippen LogP contribution in [0, 0.1) is 5.82 Å². The Kier molecular flexibility index (Phi) is 5.41. The van der Waals surface area contributed by atoms with Crippen LogP contribution in [0.1, 0.15) is 5.56 Å². The smallest absolute Gasteiger partial charge is 0.416 e. The van der Waals surface area contributed by atoms with Crippen molar-refractivity contribution in [2.45, 2.75) is 11.1 Å². The van der Waals surface area contributed by atoms with Crippen LogP contribution in [0.15, 0.2) is 46.7 Å². The average molecular weight is 447 g/mol. The van der Waals surface area contributed by atoms with Gasteiger partial charge in [-0.1, -0.05) is 0 Å². The van der Waals surface area contributed by atoms with Crippen LogP contribution in [-0.4, -0.2) is 20.5 Å². The summed E-state index contributed by atoms with van der Waals surface area (Å²) in [4.78, 5) is 3.66. The molecule has 0 bridgehead atoms. The van der Waals surface area contributed by atoms with Crippen molar-refractivity contribution >= 4 is 32.2 Å². The normalized spacial score (nSPS) is 12.0. The largest absolute Gasteiger partial charge is 0.497 e. The molecule has 0 radical (unpaired) electrons. The van der Waals surface area contributed by atoms with Gasteiger partial charge in [0.25, 0.3) is 10.0 Å². The van der Waals surface area contributed by atoms with Gasteiger partial charge in [-0.3, -0.25) is 4.72 Å². The molecule has 1 heterocycles. The van der Waals surface area contributed by atoms with Crippen LogP contribution >= 0.6 is 11.3 Å². The molecule has 0 saturated heterocycles. The van der Waals surface area contributed by atoms with Crippen LogP contribution in [0.5, 0.6) is 5.75 Å². The number of nitrogen functional groups attached to an aromatic ring is 1. The van der Waals surface area contributed by atoms with E-state index in [0.717, 1.165) is 11.3 Å². The highest BCUT2D eigenvalue weighted by Gasteiger charge is 2.31. The van der Waals surface area contributed by atoms with Gasteiger partial charge in [-0.25, -0.2) is 17.8 Å².